The molecule has 0 fully saturated rings. The molecular weight excluding hydrogens is 256 g/mol. The Morgan fingerprint density at radius 2 is 2.07 bits per heavy atom. The molecule has 5 heteroatoms. The van der Waals surface area contributed by atoms with E-state index in [-0.39, 0.29) is 11.3 Å². The van der Waals surface area contributed by atoms with Gasteiger partial charge in [0.25, 0.3) is 0 Å². The first-order valence-electron chi connectivity index (χ1n) is 3.74. The maximum atomic E-state index is 13.2. The van der Waals surface area contributed by atoms with Crippen LogP contribution in [0.1, 0.15) is 0 Å². The van der Waals surface area contributed by atoms with Gasteiger partial charge in [-0.3, -0.25) is 0 Å². The zero-order valence-electron chi connectivity index (χ0n) is 6.80. The van der Waals surface area contributed by atoms with Crippen molar-refractivity contribution in [3.05, 3.63) is 40.5 Å². The highest BCUT2D eigenvalue weighted by molar-refractivity contribution is 9.10. The molecule has 0 aliphatic rings. The average Bonchev–Trinajstić information content (AvgIpc) is 2.52. The van der Waals surface area contributed by atoms with E-state index < -0.39 is 11.6 Å². The lowest BCUT2D eigenvalue weighted by Crippen LogP contribution is -1.84. The maximum Gasteiger partial charge on any atom is 0.183 e. The van der Waals surface area contributed by atoms with E-state index in [0.717, 1.165) is 12.1 Å². The number of aromatic nitrogens is 1. The number of benzene rings is 1. The molecule has 14 heavy (non-hydrogen) atoms. The van der Waals surface area contributed by atoms with Crippen LogP contribution in [0.5, 0.6) is 0 Å². The Balaban J connectivity index is 2.58. The normalized spacial score (nSPS) is 10.5. The molecule has 0 aliphatic heterocycles. The molecule has 0 bridgehead atoms. The lowest BCUT2D eigenvalue weighted by Gasteiger charge is -1.98. The molecule has 1 aromatic heterocycles. The SMILES string of the molecule is Fc1ccc(-c2oncc2Br)c(F)c1. The highest BCUT2D eigenvalue weighted by atomic mass is 79.9. The van der Waals surface area contributed by atoms with Crippen molar-refractivity contribution in [1.82, 2.24) is 5.16 Å². The summed E-state index contributed by atoms with van der Waals surface area (Å²) in [6.07, 6.45) is 1.40. The van der Waals surface area contributed by atoms with Crippen LogP contribution in [0.25, 0.3) is 11.3 Å². The van der Waals surface area contributed by atoms with Gasteiger partial charge in [-0.1, -0.05) is 5.16 Å². The van der Waals surface area contributed by atoms with E-state index in [1.807, 2.05) is 0 Å². The topological polar surface area (TPSA) is 26.0 Å². The number of rotatable bonds is 1. The Hall–Kier alpha value is -1.23. The highest BCUT2D eigenvalue weighted by Crippen LogP contribution is 2.29. The summed E-state index contributed by atoms with van der Waals surface area (Å²) in [6.45, 7) is 0. The number of hydrogen-bond acceptors (Lipinski definition) is 2. The average molecular weight is 260 g/mol. The first kappa shape index (κ1) is 9.33. The fourth-order valence-electron chi connectivity index (χ4n) is 1.08. The lowest BCUT2D eigenvalue weighted by molar-refractivity contribution is 0.429. The van der Waals surface area contributed by atoms with Gasteiger partial charge in [0.15, 0.2) is 5.76 Å². The summed E-state index contributed by atoms with van der Waals surface area (Å²) in [5.74, 6) is -1.05. The van der Waals surface area contributed by atoms with E-state index in [0.29, 0.717) is 4.47 Å². The van der Waals surface area contributed by atoms with Crippen LogP contribution in [0.15, 0.2) is 33.4 Å². The van der Waals surface area contributed by atoms with Gasteiger partial charge < -0.3 is 4.52 Å². The van der Waals surface area contributed by atoms with Gasteiger partial charge in [0.1, 0.15) is 11.6 Å². The molecule has 0 unspecified atom stereocenters. The molecule has 0 N–H and O–H groups in total. The Kier molecular flexibility index (Phi) is 2.33. The second-order valence-electron chi connectivity index (χ2n) is 2.63. The molecule has 0 saturated heterocycles. The minimum Gasteiger partial charge on any atom is -0.355 e. The lowest BCUT2D eigenvalue weighted by atomic mass is 10.1. The summed E-state index contributed by atoms with van der Waals surface area (Å²) < 4.78 is 31.2. The van der Waals surface area contributed by atoms with Gasteiger partial charge in [0.05, 0.1) is 16.2 Å². The molecule has 72 valence electrons. The smallest absolute Gasteiger partial charge is 0.183 e. The minimum absolute atomic E-state index is 0.177. The zero-order chi connectivity index (χ0) is 10.1. The third kappa shape index (κ3) is 1.55. The minimum atomic E-state index is -0.678. The number of nitrogens with zero attached hydrogens (tertiary/aromatic N) is 1. The van der Waals surface area contributed by atoms with Crippen molar-refractivity contribution in [3.63, 3.8) is 0 Å². The summed E-state index contributed by atoms with van der Waals surface area (Å²) in [7, 11) is 0. The van der Waals surface area contributed by atoms with E-state index in [1.165, 1.54) is 12.3 Å². The largest absolute Gasteiger partial charge is 0.355 e. The van der Waals surface area contributed by atoms with E-state index >= 15 is 0 Å². The molecule has 0 spiro atoms. The highest BCUT2D eigenvalue weighted by Gasteiger charge is 2.13. The molecule has 0 radical (unpaired) electrons. The van der Waals surface area contributed by atoms with Gasteiger partial charge >= 0.3 is 0 Å². The molecule has 2 aromatic rings. The van der Waals surface area contributed by atoms with E-state index in [4.69, 9.17) is 4.52 Å². The van der Waals surface area contributed by atoms with Crippen LogP contribution in [0, 0.1) is 11.6 Å². The van der Waals surface area contributed by atoms with Crippen LogP contribution in [-0.2, 0) is 0 Å². The van der Waals surface area contributed by atoms with E-state index in [9.17, 15) is 8.78 Å². The Morgan fingerprint density at radius 1 is 1.29 bits per heavy atom. The summed E-state index contributed by atoms with van der Waals surface area (Å²) in [4.78, 5) is 0. The third-order valence-electron chi connectivity index (χ3n) is 1.70. The monoisotopic (exact) mass is 259 g/mol. The molecule has 2 nitrogen and oxygen atoms in total. The molecule has 0 atom stereocenters. The van der Waals surface area contributed by atoms with Crippen molar-refractivity contribution in [2.24, 2.45) is 0 Å². The number of halogens is 3. The first-order valence-corrected chi connectivity index (χ1v) is 4.53. The van der Waals surface area contributed by atoms with Crippen molar-refractivity contribution in [3.8, 4) is 11.3 Å². The third-order valence-corrected chi connectivity index (χ3v) is 2.27. The van der Waals surface area contributed by atoms with Gasteiger partial charge in [0.2, 0.25) is 0 Å². The summed E-state index contributed by atoms with van der Waals surface area (Å²) >= 11 is 3.14. The van der Waals surface area contributed by atoms with Crippen molar-refractivity contribution >= 4 is 15.9 Å². The first-order chi connectivity index (χ1) is 6.68. The Labute approximate surface area is 86.7 Å². The van der Waals surface area contributed by atoms with Crippen molar-refractivity contribution in [2.45, 2.75) is 0 Å². The van der Waals surface area contributed by atoms with Crippen molar-refractivity contribution in [1.29, 1.82) is 0 Å². The van der Waals surface area contributed by atoms with Crippen molar-refractivity contribution < 1.29 is 13.3 Å². The molecular formula is C9H4BrF2NO. The summed E-state index contributed by atoms with van der Waals surface area (Å²) in [6, 6.07) is 3.26. The maximum absolute atomic E-state index is 13.2. The predicted molar refractivity (Wildman–Crippen MR) is 49.6 cm³/mol. The van der Waals surface area contributed by atoms with Crippen LogP contribution < -0.4 is 0 Å². The van der Waals surface area contributed by atoms with E-state index in [2.05, 4.69) is 21.1 Å². The van der Waals surface area contributed by atoms with Crippen LogP contribution >= 0.6 is 15.9 Å². The molecule has 2 rings (SSSR count). The van der Waals surface area contributed by atoms with Crippen LogP contribution in [0.2, 0.25) is 0 Å². The standard InChI is InChI=1S/C9H4BrF2NO/c10-7-4-13-14-9(7)6-2-1-5(11)3-8(6)12/h1-4H. The molecule has 0 amide bonds. The molecule has 1 aromatic carbocycles. The van der Waals surface area contributed by atoms with Crippen LogP contribution in [-0.4, -0.2) is 5.16 Å². The summed E-state index contributed by atoms with van der Waals surface area (Å²) in [5, 5.41) is 3.48. The van der Waals surface area contributed by atoms with Gasteiger partial charge in [0, 0.05) is 6.07 Å². The second-order valence-corrected chi connectivity index (χ2v) is 3.48. The van der Waals surface area contributed by atoms with Gasteiger partial charge in [-0.05, 0) is 28.1 Å². The van der Waals surface area contributed by atoms with Gasteiger partial charge in [-0.2, -0.15) is 0 Å². The predicted octanol–water partition coefficient (Wildman–Crippen LogP) is 3.38. The van der Waals surface area contributed by atoms with Gasteiger partial charge in [-0.25, -0.2) is 8.78 Å². The Morgan fingerprint density at radius 3 is 2.64 bits per heavy atom. The van der Waals surface area contributed by atoms with Crippen molar-refractivity contribution in [2.75, 3.05) is 0 Å². The van der Waals surface area contributed by atoms with Gasteiger partial charge in [-0.15, -0.1) is 0 Å². The number of hydrogen-bond donors (Lipinski definition) is 0. The molecule has 1 heterocycles. The van der Waals surface area contributed by atoms with Crippen LogP contribution in [0.3, 0.4) is 0 Å². The van der Waals surface area contributed by atoms with Crippen LogP contribution in [0.4, 0.5) is 8.78 Å². The fraction of sp³-hybridized carbons (Fsp3) is 0. The Bertz CT molecular complexity index is 470. The zero-order valence-corrected chi connectivity index (χ0v) is 8.38. The summed E-state index contributed by atoms with van der Waals surface area (Å²) in [5.41, 5.74) is 0.177. The molecule has 0 saturated carbocycles. The molecule has 0 aliphatic carbocycles. The second kappa shape index (κ2) is 3.49. The quantitative estimate of drug-likeness (QED) is 0.785. The van der Waals surface area contributed by atoms with E-state index in [1.54, 1.807) is 0 Å². The fourth-order valence-corrected chi connectivity index (χ4v) is 1.45.